The molecule has 1 aromatic carbocycles. The van der Waals surface area contributed by atoms with Gasteiger partial charge < -0.3 is 28.6 Å². The molecule has 9 nitrogen and oxygen atoms in total. The number of nitrogens with zero attached hydrogens (tertiary/aromatic N) is 2. The van der Waals surface area contributed by atoms with Crippen LogP contribution in [0.3, 0.4) is 0 Å². The lowest BCUT2D eigenvalue weighted by Gasteiger charge is -2.34. The van der Waals surface area contributed by atoms with Gasteiger partial charge in [0.15, 0.2) is 11.5 Å². The first kappa shape index (κ1) is 20.1. The number of carbonyl (C=O) groups excluding carboxylic acids is 2. The summed E-state index contributed by atoms with van der Waals surface area (Å²) in [5.74, 6) is 1.42. The van der Waals surface area contributed by atoms with Gasteiger partial charge in [-0.2, -0.15) is 0 Å². The quantitative estimate of drug-likeness (QED) is 0.536. The van der Waals surface area contributed by atoms with Gasteiger partial charge in [0.2, 0.25) is 13.1 Å². The van der Waals surface area contributed by atoms with Crippen LogP contribution in [-0.2, 0) is 20.6 Å². The monoisotopic (exact) mass is 394 g/mol. The predicted octanol–water partition coefficient (Wildman–Crippen LogP) is 2.23. The summed E-state index contributed by atoms with van der Waals surface area (Å²) >= 11 is 0. The van der Waals surface area contributed by atoms with E-state index in [4.69, 9.17) is 23.7 Å². The maximum absolute atomic E-state index is 12.3. The largest absolute Gasteiger partial charge is 0.511 e. The van der Waals surface area contributed by atoms with E-state index in [-0.39, 0.29) is 18.9 Å². The zero-order valence-corrected chi connectivity index (χ0v) is 16.5. The fourth-order valence-corrected chi connectivity index (χ4v) is 2.99. The first-order valence-electron chi connectivity index (χ1n) is 9.19. The molecule has 2 heterocycles. The third kappa shape index (κ3) is 4.98. The molecule has 1 amide bonds. The van der Waals surface area contributed by atoms with Gasteiger partial charge in [0.25, 0.3) is 0 Å². The third-order valence-electron chi connectivity index (χ3n) is 4.74. The van der Waals surface area contributed by atoms with Gasteiger partial charge in [0.05, 0.1) is 0 Å². The number of fused-ring (bicyclic) bond motifs is 1. The molecule has 2 aliphatic heterocycles. The van der Waals surface area contributed by atoms with Crippen LogP contribution < -0.4 is 9.47 Å². The second-order valence-corrected chi connectivity index (χ2v) is 7.13. The standard InChI is InChI=1S/C19H26N2O7/c1-12(7-14-5-6-16-17(8-14)25-11-24-16)21(4)18(22)26-13(2)27-19(23)28-15-9-20(3)10-15/h5-6,8,12-13,15H,7,9-11H2,1-4H3. The normalized spacial score (nSPS) is 18.0. The number of likely N-dealkylation sites (tertiary alicyclic amines) is 1. The van der Waals surface area contributed by atoms with Crippen LogP contribution in [0, 0.1) is 0 Å². The molecule has 0 aromatic heterocycles. The molecule has 0 spiro atoms. The molecule has 3 rings (SSSR count). The highest BCUT2D eigenvalue weighted by atomic mass is 16.8. The summed E-state index contributed by atoms with van der Waals surface area (Å²) in [4.78, 5) is 27.5. The fraction of sp³-hybridized carbons (Fsp3) is 0.579. The molecular weight excluding hydrogens is 368 g/mol. The minimum Gasteiger partial charge on any atom is -0.454 e. The summed E-state index contributed by atoms with van der Waals surface area (Å²) in [6, 6.07) is 5.54. The molecule has 2 aliphatic rings. The second-order valence-electron chi connectivity index (χ2n) is 7.13. The van der Waals surface area contributed by atoms with Crippen molar-refractivity contribution in [1.29, 1.82) is 0 Å². The highest BCUT2D eigenvalue weighted by Gasteiger charge is 2.29. The van der Waals surface area contributed by atoms with Crippen molar-refractivity contribution in [3.05, 3.63) is 23.8 Å². The summed E-state index contributed by atoms with van der Waals surface area (Å²) < 4.78 is 25.9. The first-order valence-corrected chi connectivity index (χ1v) is 9.19. The van der Waals surface area contributed by atoms with Crippen molar-refractivity contribution in [2.75, 3.05) is 34.0 Å². The molecule has 1 fully saturated rings. The minimum absolute atomic E-state index is 0.141. The number of hydrogen-bond donors (Lipinski definition) is 0. The molecule has 1 saturated heterocycles. The molecule has 9 heteroatoms. The average Bonchev–Trinajstić information content (AvgIpc) is 3.07. The van der Waals surface area contributed by atoms with E-state index in [0.717, 1.165) is 11.3 Å². The van der Waals surface area contributed by atoms with E-state index in [1.165, 1.54) is 11.8 Å². The molecule has 0 radical (unpaired) electrons. The van der Waals surface area contributed by atoms with Crippen LogP contribution in [0.1, 0.15) is 19.4 Å². The van der Waals surface area contributed by atoms with Crippen LogP contribution in [-0.4, -0.2) is 74.5 Å². The number of amides is 1. The van der Waals surface area contributed by atoms with Crippen molar-refractivity contribution < 1.29 is 33.3 Å². The Morgan fingerprint density at radius 3 is 2.64 bits per heavy atom. The minimum atomic E-state index is -1.04. The van der Waals surface area contributed by atoms with Crippen LogP contribution in [0.15, 0.2) is 18.2 Å². The first-order chi connectivity index (χ1) is 13.3. The number of hydrogen-bond acceptors (Lipinski definition) is 8. The zero-order chi connectivity index (χ0) is 20.3. The van der Waals surface area contributed by atoms with Gasteiger partial charge in [-0.25, -0.2) is 9.59 Å². The van der Waals surface area contributed by atoms with Crippen molar-refractivity contribution in [1.82, 2.24) is 9.80 Å². The summed E-state index contributed by atoms with van der Waals surface area (Å²) in [5, 5.41) is 0. The summed E-state index contributed by atoms with van der Waals surface area (Å²) in [5.41, 5.74) is 1.01. The van der Waals surface area contributed by atoms with E-state index in [1.807, 2.05) is 37.1 Å². The Hall–Kier alpha value is -2.68. The molecule has 1 aromatic rings. The lowest BCUT2D eigenvalue weighted by molar-refractivity contribution is -0.104. The molecule has 28 heavy (non-hydrogen) atoms. The summed E-state index contributed by atoms with van der Waals surface area (Å²) in [6.07, 6.45) is -2.04. The lowest BCUT2D eigenvalue weighted by atomic mass is 10.1. The average molecular weight is 394 g/mol. The Labute approximate surface area is 164 Å². The van der Waals surface area contributed by atoms with Crippen LogP contribution in [0.5, 0.6) is 11.5 Å². The lowest BCUT2D eigenvalue weighted by Crippen LogP contribution is -2.50. The Kier molecular flexibility index (Phi) is 6.13. The van der Waals surface area contributed by atoms with Gasteiger partial charge >= 0.3 is 12.2 Å². The van der Waals surface area contributed by atoms with Gasteiger partial charge in [-0.1, -0.05) is 6.07 Å². The maximum atomic E-state index is 12.3. The highest BCUT2D eigenvalue weighted by molar-refractivity contribution is 5.68. The van der Waals surface area contributed by atoms with Crippen LogP contribution >= 0.6 is 0 Å². The molecule has 0 N–H and O–H groups in total. The van der Waals surface area contributed by atoms with E-state index < -0.39 is 18.5 Å². The van der Waals surface area contributed by atoms with E-state index >= 15 is 0 Å². The summed E-state index contributed by atoms with van der Waals surface area (Å²) in [7, 11) is 3.56. The number of rotatable bonds is 6. The SMILES string of the molecule is CC(OC(=O)OC1CN(C)C1)OC(=O)N(C)C(C)Cc1ccc2c(c1)OCO2. The van der Waals surface area contributed by atoms with Crippen molar-refractivity contribution in [3.8, 4) is 11.5 Å². The maximum Gasteiger partial charge on any atom is 0.511 e. The molecule has 2 unspecified atom stereocenters. The van der Waals surface area contributed by atoms with Crippen LogP contribution in [0.4, 0.5) is 9.59 Å². The Morgan fingerprint density at radius 2 is 1.93 bits per heavy atom. The Morgan fingerprint density at radius 1 is 1.21 bits per heavy atom. The number of likely N-dealkylation sites (N-methyl/N-ethyl adjacent to an activating group) is 2. The fourth-order valence-electron chi connectivity index (χ4n) is 2.99. The van der Waals surface area contributed by atoms with E-state index in [9.17, 15) is 9.59 Å². The van der Waals surface area contributed by atoms with Crippen molar-refractivity contribution in [2.24, 2.45) is 0 Å². The van der Waals surface area contributed by atoms with Gasteiger partial charge in [0, 0.05) is 33.1 Å². The van der Waals surface area contributed by atoms with Crippen molar-refractivity contribution >= 4 is 12.2 Å². The van der Waals surface area contributed by atoms with Crippen molar-refractivity contribution in [3.63, 3.8) is 0 Å². The number of benzene rings is 1. The van der Waals surface area contributed by atoms with E-state index in [1.54, 1.807) is 7.05 Å². The highest BCUT2D eigenvalue weighted by Crippen LogP contribution is 2.33. The van der Waals surface area contributed by atoms with Crippen LogP contribution in [0.2, 0.25) is 0 Å². The van der Waals surface area contributed by atoms with E-state index in [2.05, 4.69) is 0 Å². The van der Waals surface area contributed by atoms with Gasteiger partial charge in [-0.05, 0) is 38.1 Å². The van der Waals surface area contributed by atoms with Gasteiger partial charge in [0.1, 0.15) is 6.10 Å². The Balaban J connectivity index is 1.43. The third-order valence-corrected chi connectivity index (χ3v) is 4.74. The number of carbonyl (C=O) groups is 2. The summed E-state index contributed by atoms with van der Waals surface area (Å²) in [6.45, 7) is 4.94. The zero-order valence-electron chi connectivity index (χ0n) is 16.5. The smallest absolute Gasteiger partial charge is 0.454 e. The van der Waals surface area contributed by atoms with Gasteiger partial charge in [-0.15, -0.1) is 0 Å². The van der Waals surface area contributed by atoms with Gasteiger partial charge in [-0.3, -0.25) is 4.90 Å². The molecule has 0 saturated carbocycles. The van der Waals surface area contributed by atoms with Crippen molar-refractivity contribution in [2.45, 2.75) is 38.7 Å². The van der Waals surface area contributed by atoms with Crippen LogP contribution in [0.25, 0.3) is 0 Å². The molecule has 154 valence electrons. The Bertz CT molecular complexity index is 720. The topological polar surface area (TPSA) is 86.8 Å². The van der Waals surface area contributed by atoms with E-state index in [0.29, 0.717) is 25.3 Å². The molecule has 0 aliphatic carbocycles. The molecule has 2 atom stereocenters. The number of ether oxygens (including phenoxy) is 5. The molecule has 0 bridgehead atoms. The molecular formula is C19H26N2O7. The predicted molar refractivity (Wildman–Crippen MR) is 98.3 cm³/mol. The second kappa shape index (κ2) is 8.55.